The Morgan fingerprint density at radius 2 is 1.68 bits per heavy atom. The number of alkyl halides is 3. The molecule has 0 spiro atoms. The van der Waals surface area contributed by atoms with Crippen molar-refractivity contribution in [1.29, 1.82) is 0 Å². The quantitative estimate of drug-likeness (QED) is 0.293. The van der Waals surface area contributed by atoms with E-state index in [1.807, 2.05) is 31.3 Å². The van der Waals surface area contributed by atoms with Crippen LogP contribution in [0.25, 0.3) is 0 Å². The summed E-state index contributed by atoms with van der Waals surface area (Å²) in [6.07, 6.45) is -0.950. The van der Waals surface area contributed by atoms with E-state index in [0.717, 1.165) is 17.4 Å². The van der Waals surface area contributed by atoms with Crippen molar-refractivity contribution < 1.29 is 22.7 Å². The first-order chi connectivity index (χ1) is 13.3. The van der Waals surface area contributed by atoms with Gasteiger partial charge in [-0.15, -0.1) is 0 Å². The third kappa shape index (κ3) is 9.82. The average Bonchev–Trinajstić information content (AvgIpc) is 3.51. The lowest BCUT2D eigenvalue weighted by Gasteiger charge is -2.13. The van der Waals surface area contributed by atoms with Gasteiger partial charge in [-0.1, -0.05) is 36.4 Å². The first-order valence-electron chi connectivity index (χ1n) is 8.74. The first kappa shape index (κ1) is 23.3. The number of hydrogen-bond donors (Lipinski definition) is 3. The smallest absolute Gasteiger partial charge is 0.386 e. The third-order valence-corrected chi connectivity index (χ3v) is 3.68. The van der Waals surface area contributed by atoms with Gasteiger partial charge in [-0.05, 0) is 42.0 Å². The molecule has 0 radical (unpaired) electrons. The summed E-state index contributed by atoms with van der Waals surface area (Å²) in [7, 11) is 1.92. The van der Waals surface area contributed by atoms with E-state index in [1.54, 1.807) is 5.43 Å². The normalized spacial score (nSPS) is 12.5. The summed E-state index contributed by atoms with van der Waals surface area (Å²) in [5, 5.41) is 3.16. The predicted molar refractivity (Wildman–Crippen MR) is 104 cm³/mol. The van der Waals surface area contributed by atoms with Gasteiger partial charge in [0.25, 0.3) is 0 Å². The number of benzene rings is 2. The largest absolute Gasteiger partial charge is 0.487 e. The molecule has 28 heavy (non-hydrogen) atoms. The van der Waals surface area contributed by atoms with Crippen molar-refractivity contribution in [2.45, 2.75) is 38.5 Å². The van der Waals surface area contributed by atoms with Crippen molar-refractivity contribution in [2.24, 2.45) is 5.84 Å². The molecule has 2 aromatic rings. The number of hydrazine groups is 1. The van der Waals surface area contributed by atoms with E-state index >= 15 is 0 Å². The minimum Gasteiger partial charge on any atom is -0.487 e. The van der Waals surface area contributed by atoms with E-state index in [2.05, 4.69) is 35.4 Å². The van der Waals surface area contributed by atoms with Gasteiger partial charge in [-0.3, -0.25) is 10.2 Å². The molecule has 1 aliphatic carbocycles. The number of anilines is 1. The average molecular weight is 397 g/mol. The predicted octanol–water partition coefficient (Wildman–Crippen LogP) is 4.36. The highest BCUT2D eigenvalue weighted by atomic mass is 19.4. The Balaban J connectivity index is 0.000000369. The van der Waals surface area contributed by atoms with Crippen LogP contribution in [0.5, 0.6) is 5.75 Å². The molecule has 0 bridgehead atoms. The molecular weight excluding hydrogens is 371 g/mol. The highest BCUT2D eigenvalue weighted by Crippen LogP contribution is 2.41. The maximum Gasteiger partial charge on any atom is 0.386 e. The topological polar surface area (TPSA) is 76.4 Å². The highest BCUT2D eigenvalue weighted by Gasteiger charge is 2.25. The molecule has 0 saturated heterocycles. The maximum absolute atomic E-state index is 10.4. The third-order valence-electron chi connectivity index (χ3n) is 3.68. The summed E-state index contributed by atoms with van der Waals surface area (Å²) in [5.41, 5.74) is 5.56. The van der Waals surface area contributed by atoms with E-state index in [4.69, 9.17) is 9.53 Å². The van der Waals surface area contributed by atoms with Crippen LogP contribution in [0.15, 0.2) is 48.5 Å². The second kappa shape index (κ2) is 11.9. The molecule has 2 aromatic carbocycles. The summed E-state index contributed by atoms with van der Waals surface area (Å²) in [6.45, 7) is 0.832. The lowest BCUT2D eigenvalue weighted by atomic mass is 10.0. The van der Waals surface area contributed by atoms with Gasteiger partial charge in [0.2, 0.25) is 6.41 Å². The Bertz CT molecular complexity index is 714. The van der Waals surface area contributed by atoms with Crippen LogP contribution in [0.2, 0.25) is 0 Å². The van der Waals surface area contributed by atoms with Gasteiger partial charge in [0.05, 0.1) is 5.69 Å². The number of nitrogens with two attached hydrogens (primary N) is 1. The van der Waals surface area contributed by atoms with Crippen molar-refractivity contribution in [2.75, 3.05) is 12.4 Å². The van der Waals surface area contributed by atoms with Crippen LogP contribution in [0.4, 0.5) is 18.9 Å². The number of hydrogen-bond acceptors (Lipinski definition) is 4. The van der Waals surface area contributed by atoms with Gasteiger partial charge in [0.1, 0.15) is 12.4 Å². The standard InChI is InChI=1S/C17H19NO.C2H3F3.CH4N2O/c1-18-16-8-4-5-9-17(16)19-12-14-6-2-3-7-15(14)13-10-11-13;1-2(3,4)5;2-3-1-4/h2-9,13,18H,10-12H2,1H3;1H3;1H,2H2,(H,3,4). The van der Waals surface area contributed by atoms with E-state index in [9.17, 15) is 13.2 Å². The number of carbonyl (C=O) groups is 1. The number of para-hydroxylation sites is 2. The van der Waals surface area contributed by atoms with Gasteiger partial charge in [0.15, 0.2) is 0 Å². The number of amides is 1. The van der Waals surface area contributed by atoms with Crippen LogP contribution in [0, 0.1) is 0 Å². The molecule has 1 saturated carbocycles. The van der Waals surface area contributed by atoms with Crippen LogP contribution >= 0.6 is 0 Å². The van der Waals surface area contributed by atoms with Crippen LogP contribution in [0.3, 0.4) is 0 Å². The van der Waals surface area contributed by atoms with Crippen molar-refractivity contribution >= 4 is 12.1 Å². The zero-order valence-electron chi connectivity index (χ0n) is 15.9. The van der Waals surface area contributed by atoms with E-state index in [-0.39, 0.29) is 6.92 Å². The molecule has 0 aromatic heterocycles. The summed E-state index contributed by atoms with van der Waals surface area (Å²) in [4.78, 5) is 8.94. The lowest BCUT2D eigenvalue weighted by Crippen LogP contribution is -2.18. The molecule has 0 unspecified atom stereocenters. The number of ether oxygens (including phenoxy) is 1. The number of rotatable bonds is 6. The fourth-order valence-corrected chi connectivity index (χ4v) is 2.41. The van der Waals surface area contributed by atoms with E-state index in [0.29, 0.717) is 13.0 Å². The number of halogens is 3. The molecule has 5 nitrogen and oxygen atoms in total. The van der Waals surface area contributed by atoms with E-state index < -0.39 is 6.18 Å². The summed E-state index contributed by atoms with van der Waals surface area (Å²) in [5.74, 6) is 6.09. The number of nitrogens with one attached hydrogen (secondary N) is 2. The van der Waals surface area contributed by atoms with Gasteiger partial charge >= 0.3 is 6.18 Å². The van der Waals surface area contributed by atoms with Crippen LogP contribution < -0.4 is 21.3 Å². The monoisotopic (exact) mass is 397 g/mol. The summed E-state index contributed by atoms with van der Waals surface area (Å²) < 4.78 is 37.0. The maximum atomic E-state index is 10.4. The molecule has 4 N–H and O–H groups in total. The second-order valence-corrected chi connectivity index (χ2v) is 6.07. The molecule has 8 heteroatoms. The fourth-order valence-electron chi connectivity index (χ4n) is 2.41. The van der Waals surface area contributed by atoms with Crippen LogP contribution in [-0.4, -0.2) is 19.6 Å². The van der Waals surface area contributed by atoms with Crippen molar-refractivity contribution in [1.82, 2.24) is 5.43 Å². The lowest BCUT2D eigenvalue weighted by molar-refractivity contribution is -0.110. The van der Waals surface area contributed by atoms with Crippen molar-refractivity contribution in [3.8, 4) is 5.75 Å². The molecule has 0 heterocycles. The molecule has 0 aliphatic heterocycles. The Hall–Kier alpha value is -2.74. The van der Waals surface area contributed by atoms with Gasteiger partial charge < -0.3 is 10.1 Å². The SMILES string of the molecule is CC(F)(F)F.CNc1ccccc1OCc1ccccc1C1CC1.NNC=O. The minimum atomic E-state index is -4.00. The van der Waals surface area contributed by atoms with Gasteiger partial charge in [0, 0.05) is 14.0 Å². The summed E-state index contributed by atoms with van der Waals surface area (Å²) >= 11 is 0. The van der Waals surface area contributed by atoms with Crippen LogP contribution in [0.1, 0.15) is 36.8 Å². The van der Waals surface area contributed by atoms with Gasteiger partial charge in [-0.2, -0.15) is 13.2 Å². The minimum absolute atomic E-state index is 0.188. The number of carbonyl (C=O) groups excluding carboxylic acids is 1. The molecule has 1 fully saturated rings. The fraction of sp³-hybridized carbons (Fsp3) is 0.350. The highest BCUT2D eigenvalue weighted by molar-refractivity contribution is 5.55. The van der Waals surface area contributed by atoms with Gasteiger partial charge in [-0.25, -0.2) is 5.84 Å². The zero-order chi connectivity index (χ0) is 21.0. The van der Waals surface area contributed by atoms with Crippen molar-refractivity contribution in [3.63, 3.8) is 0 Å². The first-order valence-corrected chi connectivity index (χ1v) is 8.74. The Morgan fingerprint density at radius 1 is 1.14 bits per heavy atom. The molecule has 3 rings (SSSR count). The molecule has 1 amide bonds. The molecular formula is C20H26F3N3O2. The Labute approximate surface area is 163 Å². The van der Waals surface area contributed by atoms with Crippen LogP contribution in [-0.2, 0) is 11.4 Å². The zero-order valence-corrected chi connectivity index (χ0v) is 15.9. The summed E-state index contributed by atoms with van der Waals surface area (Å²) in [6, 6.07) is 16.7. The molecule has 0 atom stereocenters. The molecule has 154 valence electrons. The Morgan fingerprint density at radius 3 is 2.21 bits per heavy atom. The van der Waals surface area contributed by atoms with E-state index in [1.165, 1.54) is 24.0 Å². The second-order valence-electron chi connectivity index (χ2n) is 6.07. The molecule has 1 aliphatic rings. The Kier molecular flexibility index (Phi) is 9.87. The van der Waals surface area contributed by atoms with Crippen molar-refractivity contribution in [3.05, 3.63) is 59.7 Å².